The molecule has 0 spiro atoms. The Bertz CT molecular complexity index is 942. The summed E-state index contributed by atoms with van der Waals surface area (Å²) in [5, 5.41) is 7.05. The van der Waals surface area contributed by atoms with Crippen LogP contribution in [-0.4, -0.2) is 48.0 Å². The Balaban J connectivity index is 1.57. The van der Waals surface area contributed by atoms with Crippen molar-refractivity contribution in [2.75, 3.05) is 19.8 Å². The average molecular weight is 379 g/mol. The predicted molar refractivity (Wildman–Crippen MR) is 103 cm³/mol. The molecule has 1 aliphatic heterocycles. The summed E-state index contributed by atoms with van der Waals surface area (Å²) in [5.74, 6) is 0.551. The van der Waals surface area contributed by atoms with E-state index in [0.29, 0.717) is 42.7 Å². The number of hydrogen-bond acceptors (Lipinski definition) is 6. The molecule has 7 heteroatoms. The standard InChI is InChI=1S/C21H21N3O4/c1-2-27-18-13-26-12-17(18)22-20(25)15-10-6-7-11-16(15)21-23-19(24-28-21)14-8-4-3-5-9-14/h3-11,17-18H,2,12-13H2,1H3,(H,22,25)/t17-,18-/m0/s1. The lowest BCUT2D eigenvalue weighted by molar-refractivity contribution is 0.0402. The van der Waals surface area contributed by atoms with E-state index in [4.69, 9.17) is 14.0 Å². The molecule has 0 radical (unpaired) electrons. The topological polar surface area (TPSA) is 86.5 Å². The van der Waals surface area contributed by atoms with E-state index in [0.717, 1.165) is 5.56 Å². The fourth-order valence-electron chi connectivity index (χ4n) is 3.20. The number of ether oxygens (including phenoxy) is 2. The highest BCUT2D eigenvalue weighted by Crippen LogP contribution is 2.25. The highest BCUT2D eigenvalue weighted by Gasteiger charge is 2.31. The minimum absolute atomic E-state index is 0.144. The van der Waals surface area contributed by atoms with E-state index in [-0.39, 0.29) is 18.1 Å². The van der Waals surface area contributed by atoms with Crippen LogP contribution in [0.2, 0.25) is 0 Å². The molecule has 0 aliphatic carbocycles. The lowest BCUT2D eigenvalue weighted by Gasteiger charge is -2.19. The van der Waals surface area contributed by atoms with Gasteiger partial charge in [0.15, 0.2) is 0 Å². The number of benzene rings is 2. The van der Waals surface area contributed by atoms with Crippen LogP contribution in [0.15, 0.2) is 59.1 Å². The van der Waals surface area contributed by atoms with Gasteiger partial charge in [0.2, 0.25) is 5.82 Å². The SMILES string of the molecule is CCO[C@H]1COC[C@@H]1NC(=O)c1ccccc1-c1nc(-c2ccccc2)no1. The third-order valence-electron chi connectivity index (χ3n) is 4.59. The zero-order chi connectivity index (χ0) is 19.3. The van der Waals surface area contributed by atoms with E-state index in [1.54, 1.807) is 18.2 Å². The van der Waals surface area contributed by atoms with E-state index in [9.17, 15) is 4.79 Å². The van der Waals surface area contributed by atoms with Crippen molar-refractivity contribution in [1.29, 1.82) is 0 Å². The fourth-order valence-corrected chi connectivity index (χ4v) is 3.20. The molecule has 0 unspecified atom stereocenters. The average Bonchev–Trinajstić information content (AvgIpc) is 3.39. The van der Waals surface area contributed by atoms with Crippen LogP contribution in [0.3, 0.4) is 0 Å². The molecular formula is C21H21N3O4. The quantitative estimate of drug-likeness (QED) is 0.709. The van der Waals surface area contributed by atoms with Gasteiger partial charge in [-0.25, -0.2) is 0 Å². The van der Waals surface area contributed by atoms with E-state index in [1.807, 2.05) is 43.3 Å². The van der Waals surface area contributed by atoms with Crippen molar-refractivity contribution in [2.24, 2.45) is 0 Å². The number of amides is 1. The Kier molecular flexibility index (Phi) is 5.45. The molecule has 2 heterocycles. The van der Waals surface area contributed by atoms with E-state index >= 15 is 0 Å². The van der Waals surface area contributed by atoms with E-state index in [2.05, 4.69) is 15.5 Å². The summed E-state index contributed by atoms with van der Waals surface area (Å²) in [4.78, 5) is 17.4. The number of carbonyl (C=O) groups excluding carboxylic acids is 1. The van der Waals surface area contributed by atoms with Crippen LogP contribution < -0.4 is 5.32 Å². The summed E-state index contributed by atoms with van der Waals surface area (Å²) in [6.45, 7) is 3.40. The number of nitrogens with zero attached hydrogens (tertiary/aromatic N) is 2. The number of nitrogens with one attached hydrogen (secondary N) is 1. The van der Waals surface area contributed by atoms with Crippen molar-refractivity contribution in [3.05, 3.63) is 60.2 Å². The molecule has 1 aliphatic rings. The molecule has 3 aromatic rings. The highest BCUT2D eigenvalue weighted by atomic mass is 16.5. The van der Waals surface area contributed by atoms with Crippen molar-refractivity contribution in [3.8, 4) is 22.8 Å². The zero-order valence-corrected chi connectivity index (χ0v) is 15.5. The second kappa shape index (κ2) is 8.33. The van der Waals surface area contributed by atoms with Crippen LogP contribution in [0, 0.1) is 0 Å². The van der Waals surface area contributed by atoms with E-state index < -0.39 is 0 Å². The Morgan fingerprint density at radius 2 is 1.93 bits per heavy atom. The fraction of sp³-hybridized carbons (Fsp3) is 0.286. The number of aromatic nitrogens is 2. The second-order valence-corrected chi connectivity index (χ2v) is 6.45. The van der Waals surface area contributed by atoms with Gasteiger partial charge in [0.1, 0.15) is 6.10 Å². The summed E-state index contributed by atoms with van der Waals surface area (Å²) < 4.78 is 16.5. The van der Waals surface area contributed by atoms with Gasteiger partial charge in [-0.3, -0.25) is 4.79 Å². The third kappa shape index (κ3) is 3.81. The van der Waals surface area contributed by atoms with Crippen LogP contribution in [0.1, 0.15) is 17.3 Å². The lowest BCUT2D eigenvalue weighted by Crippen LogP contribution is -2.43. The first kappa shape index (κ1) is 18.3. The van der Waals surface area contributed by atoms with Gasteiger partial charge in [-0.1, -0.05) is 47.6 Å². The smallest absolute Gasteiger partial charge is 0.259 e. The highest BCUT2D eigenvalue weighted by molar-refractivity contribution is 6.00. The number of carbonyl (C=O) groups is 1. The van der Waals surface area contributed by atoms with Crippen LogP contribution in [0.5, 0.6) is 0 Å². The molecule has 1 aromatic heterocycles. The molecule has 144 valence electrons. The monoisotopic (exact) mass is 379 g/mol. The lowest BCUT2D eigenvalue weighted by atomic mass is 10.1. The second-order valence-electron chi connectivity index (χ2n) is 6.45. The van der Waals surface area contributed by atoms with Gasteiger partial charge >= 0.3 is 0 Å². The summed E-state index contributed by atoms with van der Waals surface area (Å²) in [6, 6.07) is 16.5. The first-order chi connectivity index (χ1) is 13.8. The minimum Gasteiger partial charge on any atom is -0.376 e. The molecular weight excluding hydrogens is 358 g/mol. The normalized spacial score (nSPS) is 18.9. The molecule has 0 saturated carbocycles. The van der Waals surface area contributed by atoms with Crippen molar-refractivity contribution >= 4 is 5.91 Å². The van der Waals surface area contributed by atoms with Gasteiger partial charge in [0, 0.05) is 12.2 Å². The third-order valence-corrected chi connectivity index (χ3v) is 4.59. The summed E-state index contributed by atoms with van der Waals surface area (Å²) in [5.41, 5.74) is 1.90. The summed E-state index contributed by atoms with van der Waals surface area (Å²) >= 11 is 0. The van der Waals surface area contributed by atoms with Crippen molar-refractivity contribution in [3.63, 3.8) is 0 Å². The summed E-state index contributed by atoms with van der Waals surface area (Å²) in [6.07, 6.45) is -0.144. The van der Waals surface area contributed by atoms with Gasteiger partial charge in [-0.05, 0) is 19.1 Å². The van der Waals surface area contributed by atoms with E-state index in [1.165, 1.54) is 0 Å². The zero-order valence-electron chi connectivity index (χ0n) is 15.5. The Morgan fingerprint density at radius 3 is 2.75 bits per heavy atom. The molecule has 28 heavy (non-hydrogen) atoms. The van der Waals surface area contributed by atoms with Crippen molar-refractivity contribution < 1.29 is 18.8 Å². The Labute approximate surface area is 162 Å². The first-order valence-corrected chi connectivity index (χ1v) is 9.25. The first-order valence-electron chi connectivity index (χ1n) is 9.25. The maximum Gasteiger partial charge on any atom is 0.259 e. The number of rotatable bonds is 6. The molecule has 2 atom stereocenters. The maximum atomic E-state index is 12.9. The van der Waals surface area contributed by atoms with Gasteiger partial charge in [-0.15, -0.1) is 0 Å². The molecule has 1 N–H and O–H groups in total. The van der Waals surface area contributed by atoms with Gasteiger partial charge in [0.25, 0.3) is 11.8 Å². The van der Waals surface area contributed by atoms with Crippen LogP contribution in [0.4, 0.5) is 0 Å². The van der Waals surface area contributed by atoms with Crippen LogP contribution in [0.25, 0.3) is 22.8 Å². The predicted octanol–water partition coefficient (Wildman–Crippen LogP) is 2.94. The molecule has 4 rings (SSSR count). The number of hydrogen-bond donors (Lipinski definition) is 1. The van der Waals surface area contributed by atoms with Crippen molar-refractivity contribution in [2.45, 2.75) is 19.1 Å². The van der Waals surface area contributed by atoms with Gasteiger partial charge < -0.3 is 19.3 Å². The molecule has 2 aromatic carbocycles. The van der Waals surface area contributed by atoms with Crippen molar-refractivity contribution in [1.82, 2.24) is 15.5 Å². The molecule has 0 bridgehead atoms. The van der Waals surface area contributed by atoms with Gasteiger partial charge in [0.05, 0.1) is 30.4 Å². The van der Waals surface area contributed by atoms with Gasteiger partial charge in [-0.2, -0.15) is 4.98 Å². The molecule has 7 nitrogen and oxygen atoms in total. The van der Waals surface area contributed by atoms with Crippen LogP contribution >= 0.6 is 0 Å². The van der Waals surface area contributed by atoms with Crippen LogP contribution in [-0.2, 0) is 9.47 Å². The molecule has 1 fully saturated rings. The molecule has 1 saturated heterocycles. The minimum atomic E-state index is -0.227. The molecule has 1 amide bonds. The summed E-state index contributed by atoms with van der Waals surface area (Å²) in [7, 11) is 0. The Morgan fingerprint density at radius 1 is 1.14 bits per heavy atom. The maximum absolute atomic E-state index is 12.9. The Hall–Kier alpha value is -3.03. The largest absolute Gasteiger partial charge is 0.376 e.